The van der Waals surface area contributed by atoms with Crippen LogP contribution in [0.5, 0.6) is 0 Å². The van der Waals surface area contributed by atoms with Gasteiger partial charge in [0.2, 0.25) is 0 Å². The zero-order chi connectivity index (χ0) is 14.8. The molecule has 0 saturated heterocycles. The summed E-state index contributed by atoms with van der Waals surface area (Å²) in [6.45, 7) is 1.92. The number of aromatic nitrogens is 1. The third kappa shape index (κ3) is 2.84. The van der Waals surface area contributed by atoms with Crippen LogP contribution in [0.4, 0.5) is 9.93 Å². The first kappa shape index (κ1) is 14.6. The van der Waals surface area contributed by atoms with E-state index in [1.807, 2.05) is 36.6 Å². The minimum atomic E-state index is -0.658. The number of carbonyl (C=O) groups is 1. The standard InChI is InChI=1S/C14H12BrN3OS/c1-3-14(2,9-4-6-10(15)7-5-9)11-8-20-13(17-11)18-12(16)19/h1,4-8H,2H3,(H3,16,17,18,19). The Kier molecular flexibility index (Phi) is 4.12. The number of nitrogens with zero attached hydrogens (tertiary/aromatic N) is 1. The average Bonchev–Trinajstić information content (AvgIpc) is 2.87. The Labute approximate surface area is 129 Å². The first-order chi connectivity index (χ1) is 9.45. The minimum Gasteiger partial charge on any atom is -0.351 e. The van der Waals surface area contributed by atoms with E-state index in [2.05, 4.69) is 32.2 Å². The molecule has 0 saturated carbocycles. The fourth-order valence-electron chi connectivity index (χ4n) is 1.75. The largest absolute Gasteiger partial charge is 0.351 e. The van der Waals surface area contributed by atoms with Crippen LogP contribution in [0.3, 0.4) is 0 Å². The van der Waals surface area contributed by atoms with Crippen molar-refractivity contribution in [3.63, 3.8) is 0 Å². The first-order valence-electron chi connectivity index (χ1n) is 5.72. The average molecular weight is 350 g/mol. The number of nitrogens with one attached hydrogen (secondary N) is 1. The number of anilines is 1. The number of rotatable bonds is 3. The fraction of sp³-hybridized carbons (Fsp3) is 0.143. The number of terminal acetylenes is 1. The van der Waals surface area contributed by atoms with E-state index in [0.717, 1.165) is 10.0 Å². The van der Waals surface area contributed by atoms with E-state index in [4.69, 9.17) is 12.2 Å². The quantitative estimate of drug-likeness (QED) is 0.834. The molecule has 0 aliphatic heterocycles. The summed E-state index contributed by atoms with van der Waals surface area (Å²) in [4.78, 5) is 15.2. The molecule has 0 fully saturated rings. The van der Waals surface area contributed by atoms with E-state index < -0.39 is 11.4 Å². The lowest BCUT2D eigenvalue weighted by atomic mass is 9.81. The molecule has 20 heavy (non-hydrogen) atoms. The summed E-state index contributed by atoms with van der Waals surface area (Å²) in [5, 5.41) is 4.71. The van der Waals surface area contributed by atoms with Gasteiger partial charge in [-0.2, -0.15) is 0 Å². The van der Waals surface area contributed by atoms with Gasteiger partial charge in [0.15, 0.2) is 5.13 Å². The van der Waals surface area contributed by atoms with Gasteiger partial charge in [-0.3, -0.25) is 5.32 Å². The van der Waals surface area contributed by atoms with Gasteiger partial charge < -0.3 is 5.73 Å². The van der Waals surface area contributed by atoms with Gasteiger partial charge in [-0.1, -0.05) is 34.0 Å². The molecule has 0 spiro atoms. The molecule has 0 aliphatic carbocycles. The highest BCUT2D eigenvalue weighted by atomic mass is 79.9. The second-order valence-electron chi connectivity index (χ2n) is 4.30. The van der Waals surface area contributed by atoms with Gasteiger partial charge in [0.25, 0.3) is 0 Å². The summed E-state index contributed by atoms with van der Waals surface area (Å²) in [5.41, 5.74) is 6.08. The molecule has 2 amide bonds. The zero-order valence-electron chi connectivity index (χ0n) is 10.7. The molecule has 6 heteroatoms. The second-order valence-corrected chi connectivity index (χ2v) is 6.08. The predicted octanol–water partition coefficient (Wildman–Crippen LogP) is 3.34. The SMILES string of the molecule is C#CC(C)(c1ccc(Br)cc1)c1csc(NC(N)=O)n1. The number of urea groups is 1. The normalized spacial score (nSPS) is 13.2. The van der Waals surface area contributed by atoms with Crippen LogP contribution in [0.15, 0.2) is 34.1 Å². The van der Waals surface area contributed by atoms with Gasteiger partial charge in [0.05, 0.1) is 11.1 Å². The Balaban J connectivity index is 2.40. The highest BCUT2D eigenvalue weighted by Crippen LogP contribution is 2.33. The summed E-state index contributed by atoms with van der Waals surface area (Å²) in [5.74, 6) is 2.78. The molecule has 1 aromatic carbocycles. The third-order valence-corrected chi connectivity index (χ3v) is 4.24. The van der Waals surface area contributed by atoms with Crippen LogP contribution < -0.4 is 11.1 Å². The van der Waals surface area contributed by atoms with Crippen LogP contribution in [0.25, 0.3) is 0 Å². The molecular weight excluding hydrogens is 338 g/mol. The monoisotopic (exact) mass is 349 g/mol. The number of amides is 2. The van der Waals surface area contributed by atoms with Gasteiger partial charge in [0.1, 0.15) is 0 Å². The zero-order valence-corrected chi connectivity index (χ0v) is 13.1. The molecule has 2 rings (SSSR count). The lowest BCUT2D eigenvalue weighted by Gasteiger charge is -2.22. The van der Waals surface area contributed by atoms with E-state index in [1.165, 1.54) is 11.3 Å². The number of carbonyl (C=O) groups excluding carboxylic acids is 1. The number of thiazole rings is 1. The molecule has 0 bridgehead atoms. The van der Waals surface area contributed by atoms with Crippen molar-refractivity contribution in [1.82, 2.24) is 4.98 Å². The van der Waals surface area contributed by atoms with Gasteiger partial charge in [-0.25, -0.2) is 9.78 Å². The van der Waals surface area contributed by atoms with E-state index >= 15 is 0 Å². The van der Waals surface area contributed by atoms with Crippen LogP contribution in [0, 0.1) is 12.3 Å². The number of halogens is 1. The maximum Gasteiger partial charge on any atom is 0.318 e. The Morgan fingerprint density at radius 3 is 2.70 bits per heavy atom. The number of benzene rings is 1. The Morgan fingerprint density at radius 2 is 2.15 bits per heavy atom. The first-order valence-corrected chi connectivity index (χ1v) is 7.39. The van der Waals surface area contributed by atoms with Crippen LogP contribution >= 0.6 is 27.3 Å². The fourth-order valence-corrected chi connectivity index (χ4v) is 2.84. The number of hydrogen-bond acceptors (Lipinski definition) is 3. The Morgan fingerprint density at radius 1 is 1.50 bits per heavy atom. The molecule has 0 radical (unpaired) electrons. The summed E-state index contributed by atoms with van der Waals surface area (Å²) >= 11 is 4.69. The summed E-state index contributed by atoms with van der Waals surface area (Å²) in [7, 11) is 0. The van der Waals surface area contributed by atoms with Crippen molar-refractivity contribution in [2.75, 3.05) is 5.32 Å². The molecule has 2 aromatic rings. The molecule has 1 aromatic heterocycles. The maximum absolute atomic E-state index is 10.8. The van der Waals surface area contributed by atoms with Crippen LogP contribution in [0.1, 0.15) is 18.2 Å². The predicted molar refractivity (Wildman–Crippen MR) is 84.7 cm³/mol. The maximum atomic E-state index is 10.8. The van der Waals surface area contributed by atoms with Crippen molar-refractivity contribution in [3.8, 4) is 12.3 Å². The molecular formula is C14H12BrN3OS. The van der Waals surface area contributed by atoms with Crippen LogP contribution in [-0.4, -0.2) is 11.0 Å². The van der Waals surface area contributed by atoms with Crippen molar-refractivity contribution in [2.45, 2.75) is 12.3 Å². The van der Waals surface area contributed by atoms with Crippen LogP contribution in [0.2, 0.25) is 0 Å². The molecule has 0 aliphatic rings. The van der Waals surface area contributed by atoms with Crippen molar-refractivity contribution in [2.24, 2.45) is 5.73 Å². The number of hydrogen-bond donors (Lipinski definition) is 2. The Hall–Kier alpha value is -1.84. The van der Waals surface area contributed by atoms with E-state index in [9.17, 15) is 4.79 Å². The Bertz CT molecular complexity index is 674. The van der Waals surface area contributed by atoms with Gasteiger partial charge in [0, 0.05) is 9.85 Å². The molecule has 1 atom stereocenters. The number of nitrogens with two attached hydrogens (primary N) is 1. The minimum absolute atomic E-state index is 0.436. The van der Waals surface area contributed by atoms with Crippen molar-refractivity contribution >= 4 is 38.4 Å². The smallest absolute Gasteiger partial charge is 0.318 e. The van der Waals surface area contributed by atoms with Gasteiger partial charge in [-0.15, -0.1) is 17.8 Å². The van der Waals surface area contributed by atoms with Crippen molar-refractivity contribution < 1.29 is 4.79 Å². The van der Waals surface area contributed by atoms with Crippen LogP contribution in [-0.2, 0) is 5.41 Å². The van der Waals surface area contributed by atoms with Gasteiger partial charge >= 0.3 is 6.03 Å². The van der Waals surface area contributed by atoms with E-state index in [-0.39, 0.29) is 0 Å². The second kappa shape index (κ2) is 5.65. The summed E-state index contributed by atoms with van der Waals surface area (Å²) < 4.78 is 0.981. The molecule has 1 unspecified atom stereocenters. The summed E-state index contributed by atoms with van der Waals surface area (Å²) in [6.07, 6.45) is 5.71. The lowest BCUT2D eigenvalue weighted by molar-refractivity contribution is 0.259. The number of primary amides is 1. The van der Waals surface area contributed by atoms with E-state index in [1.54, 1.807) is 0 Å². The highest BCUT2D eigenvalue weighted by molar-refractivity contribution is 9.10. The lowest BCUT2D eigenvalue weighted by Crippen LogP contribution is -2.23. The van der Waals surface area contributed by atoms with Crippen molar-refractivity contribution in [3.05, 3.63) is 45.4 Å². The van der Waals surface area contributed by atoms with Crippen molar-refractivity contribution in [1.29, 1.82) is 0 Å². The molecule has 102 valence electrons. The third-order valence-electron chi connectivity index (χ3n) is 2.96. The van der Waals surface area contributed by atoms with Gasteiger partial charge in [-0.05, 0) is 24.6 Å². The summed E-state index contributed by atoms with van der Waals surface area (Å²) in [6, 6.07) is 7.12. The molecule has 3 N–H and O–H groups in total. The highest BCUT2D eigenvalue weighted by Gasteiger charge is 2.29. The molecule has 4 nitrogen and oxygen atoms in total. The topological polar surface area (TPSA) is 68.0 Å². The van der Waals surface area contributed by atoms with E-state index in [0.29, 0.717) is 10.8 Å². The molecule has 1 heterocycles.